The van der Waals surface area contributed by atoms with Crippen LogP contribution in [0.25, 0.3) is 0 Å². The molecule has 0 aromatic heterocycles. The summed E-state index contributed by atoms with van der Waals surface area (Å²) >= 11 is 5.73. The second-order valence-corrected chi connectivity index (χ2v) is 9.19. The molecule has 1 aliphatic carbocycles. The van der Waals surface area contributed by atoms with Gasteiger partial charge in [-0.1, -0.05) is 37.3 Å². The molecule has 0 N–H and O–H groups in total. The van der Waals surface area contributed by atoms with Gasteiger partial charge in [-0.3, -0.25) is 0 Å². The molecule has 0 fully saturated rings. The summed E-state index contributed by atoms with van der Waals surface area (Å²) in [6, 6.07) is 0. The normalized spacial score (nSPS) is 27.5. The molecule has 0 amide bonds. The minimum atomic E-state index is -0.911. The summed E-state index contributed by atoms with van der Waals surface area (Å²) < 4.78 is 0. The van der Waals surface area contributed by atoms with Gasteiger partial charge in [0, 0.05) is 10.6 Å². The molecule has 0 saturated carbocycles. The SMILES string of the molecule is C[Si](C)(C)C1C=C1Cl. The summed E-state index contributed by atoms with van der Waals surface area (Å²) in [5.74, 6) is 0. The van der Waals surface area contributed by atoms with Crippen molar-refractivity contribution in [1.82, 2.24) is 0 Å². The van der Waals surface area contributed by atoms with Crippen LogP contribution >= 0.6 is 11.6 Å². The lowest BCUT2D eigenvalue weighted by atomic mass is 10.9. The van der Waals surface area contributed by atoms with E-state index in [0.29, 0.717) is 5.54 Å². The topological polar surface area (TPSA) is 0 Å². The van der Waals surface area contributed by atoms with Gasteiger partial charge in [0.05, 0.1) is 8.07 Å². The molecule has 8 heavy (non-hydrogen) atoms. The maximum atomic E-state index is 5.73. The monoisotopic (exact) mass is 146 g/mol. The first kappa shape index (κ1) is 6.37. The van der Waals surface area contributed by atoms with Crippen LogP contribution in [-0.4, -0.2) is 8.07 Å². The highest BCUT2D eigenvalue weighted by Crippen LogP contribution is 2.46. The van der Waals surface area contributed by atoms with Crippen LogP contribution in [0.1, 0.15) is 0 Å². The second kappa shape index (κ2) is 1.61. The molecule has 0 nitrogen and oxygen atoms in total. The fourth-order valence-corrected chi connectivity index (χ4v) is 3.50. The van der Waals surface area contributed by atoms with Crippen molar-refractivity contribution < 1.29 is 0 Å². The van der Waals surface area contributed by atoms with Crippen LogP contribution < -0.4 is 0 Å². The predicted molar refractivity (Wildman–Crippen MR) is 41.0 cm³/mol. The quantitative estimate of drug-likeness (QED) is 0.499. The van der Waals surface area contributed by atoms with E-state index in [1.165, 1.54) is 0 Å². The van der Waals surface area contributed by atoms with Gasteiger partial charge in [0.1, 0.15) is 0 Å². The van der Waals surface area contributed by atoms with E-state index in [9.17, 15) is 0 Å². The Morgan fingerprint density at radius 1 is 1.50 bits per heavy atom. The Hall–Kier alpha value is 0.247. The predicted octanol–water partition coefficient (Wildman–Crippen LogP) is 2.83. The van der Waals surface area contributed by atoms with Crippen molar-refractivity contribution in [2.75, 3.05) is 0 Å². The lowest BCUT2D eigenvalue weighted by Crippen LogP contribution is -2.20. The number of hydrogen-bond acceptors (Lipinski definition) is 0. The number of halogens is 1. The number of allylic oxidation sites excluding steroid dienone is 2. The Kier molecular flexibility index (Phi) is 1.28. The van der Waals surface area contributed by atoms with Crippen LogP contribution in [0.15, 0.2) is 11.1 Å². The van der Waals surface area contributed by atoms with E-state index in [2.05, 4.69) is 25.7 Å². The molecule has 1 rings (SSSR count). The summed E-state index contributed by atoms with van der Waals surface area (Å²) in [5, 5.41) is 1.10. The Balaban J connectivity index is 2.43. The first-order chi connectivity index (χ1) is 3.52. The van der Waals surface area contributed by atoms with Crippen molar-refractivity contribution in [2.45, 2.75) is 25.2 Å². The fraction of sp³-hybridized carbons (Fsp3) is 0.667. The first-order valence-electron chi connectivity index (χ1n) is 2.89. The highest BCUT2D eigenvalue weighted by molar-refractivity contribution is 6.81. The standard InChI is InChI=1S/C6H11ClSi/c1-8(2,3)6-4-5(6)7/h4,6H,1-3H3. The van der Waals surface area contributed by atoms with E-state index in [4.69, 9.17) is 11.6 Å². The van der Waals surface area contributed by atoms with Crippen molar-refractivity contribution in [1.29, 1.82) is 0 Å². The molecule has 2 heteroatoms. The molecule has 0 spiro atoms. The Labute approximate surface area is 56.6 Å². The Morgan fingerprint density at radius 2 is 1.88 bits per heavy atom. The summed E-state index contributed by atoms with van der Waals surface area (Å²) in [6.45, 7) is 7.01. The lowest BCUT2D eigenvalue weighted by Gasteiger charge is -2.13. The van der Waals surface area contributed by atoms with E-state index < -0.39 is 8.07 Å². The van der Waals surface area contributed by atoms with Crippen molar-refractivity contribution in [3.8, 4) is 0 Å². The fourth-order valence-electron chi connectivity index (χ4n) is 0.775. The molecule has 1 unspecified atom stereocenters. The molecule has 1 aliphatic rings. The van der Waals surface area contributed by atoms with Crippen molar-refractivity contribution in [2.24, 2.45) is 0 Å². The summed E-state index contributed by atoms with van der Waals surface area (Å²) in [6.07, 6.45) is 2.16. The molecule has 0 aliphatic heterocycles. The largest absolute Gasteiger partial charge is 0.0892 e. The van der Waals surface area contributed by atoms with Crippen molar-refractivity contribution in [3.05, 3.63) is 11.1 Å². The Morgan fingerprint density at radius 3 is 1.88 bits per heavy atom. The molecule has 0 aromatic carbocycles. The molecule has 1 atom stereocenters. The minimum absolute atomic E-state index is 0.712. The second-order valence-electron chi connectivity index (χ2n) is 3.40. The molecular formula is C6H11ClSi. The zero-order valence-corrected chi connectivity index (χ0v) is 7.29. The van der Waals surface area contributed by atoms with Crippen LogP contribution in [0.4, 0.5) is 0 Å². The molecule has 0 saturated heterocycles. The molecule has 0 bridgehead atoms. The van der Waals surface area contributed by atoms with E-state index in [1.54, 1.807) is 0 Å². The number of rotatable bonds is 1. The zero-order valence-electron chi connectivity index (χ0n) is 5.53. The van der Waals surface area contributed by atoms with Crippen molar-refractivity contribution in [3.63, 3.8) is 0 Å². The van der Waals surface area contributed by atoms with Crippen LogP contribution in [0.5, 0.6) is 0 Å². The molecule has 0 heterocycles. The van der Waals surface area contributed by atoms with E-state index >= 15 is 0 Å². The average molecular weight is 147 g/mol. The van der Waals surface area contributed by atoms with Gasteiger partial charge in [0.25, 0.3) is 0 Å². The maximum absolute atomic E-state index is 5.73. The summed E-state index contributed by atoms with van der Waals surface area (Å²) in [5.41, 5.74) is 0.712. The summed E-state index contributed by atoms with van der Waals surface area (Å²) in [7, 11) is -0.911. The molecule has 0 radical (unpaired) electrons. The molecule has 0 aromatic rings. The van der Waals surface area contributed by atoms with E-state index in [-0.39, 0.29) is 0 Å². The zero-order chi connectivity index (χ0) is 6.36. The van der Waals surface area contributed by atoms with Crippen molar-refractivity contribution >= 4 is 19.7 Å². The number of hydrogen-bond donors (Lipinski definition) is 0. The molecular weight excluding hydrogens is 136 g/mol. The third-order valence-corrected chi connectivity index (χ3v) is 4.33. The van der Waals surface area contributed by atoms with Gasteiger partial charge in [-0.25, -0.2) is 0 Å². The van der Waals surface area contributed by atoms with Crippen LogP contribution in [-0.2, 0) is 0 Å². The van der Waals surface area contributed by atoms with E-state index in [1.807, 2.05) is 0 Å². The van der Waals surface area contributed by atoms with Crippen LogP contribution in [0.3, 0.4) is 0 Å². The van der Waals surface area contributed by atoms with Gasteiger partial charge in [-0.2, -0.15) is 0 Å². The van der Waals surface area contributed by atoms with Gasteiger partial charge in [-0.05, 0) is 0 Å². The minimum Gasteiger partial charge on any atom is -0.0892 e. The van der Waals surface area contributed by atoms with Gasteiger partial charge in [0.15, 0.2) is 0 Å². The van der Waals surface area contributed by atoms with E-state index in [0.717, 1.165) is 5.03 Å². The van der Waals surface area contributed by atoms with Crippen LogP contribution in [0.2, 0.25) is 25.2 Å². The van der Waals surface area contributed by atoms with Gasteiger partial charge in [-0.15, -0.1) is 0 Å². The third-order valence-electron chi connectivity index (χ3n) is 1.45. The van der Waals surface area contributed by atoms with Gasteiger partial charge in [0.2, 0.25) is 0 Å². The lowest BCUT2D eigenvalue weighted by molar-refractivity contribution is 1.43. The maximum Gasteiger partial charge on any atom is 0.0577 e. The molecule has 46 valence electrons. The van der Waals surface area contributed by atoms with Gasteiger partial charge >= 0.3 is 0 Å². The third kappa shape index (κ3) is 1.15. The first-order valence-corrected chi connectivity index (χ1v) is 6.84. The van der Waals surface area contributed by atoms with Crippen LogP contribution in [0, 0.1) is 0 Å². The highest BCUT2D eigenvalue weighted by atomic mass is 35.5. The smallest absolute Gasteiger partial charge is 0.0577 e. The average Bonchev–Trinajstić information content (AvgIpc) is 2.13. The highest BCUT2D eigenvalue weighted by Gasteiger charge is 2.35. The Bertz CT molecular complexity index is 132. The summed E-state index contributed by atoms with van der Waals surface area (Å²) in [4.78, 5) is 0. The van der Waals surface area contributed by atoms with Gasteiger partial charge < -0.3 is 0 Å².